The lowest BCUT2D eigenvalue weighted by atomic mass is 10.2. The van der Waals surface area contributed by atoms with Crippen LogP contribution in [0.5, 0.6) is 0 Å². The number of thioether (sulfide) groups is 1. The first-order chi connectivity index (χ1) is 16.5. The fourth-order valence-corrected chi connectivity index (χ4v) is 3.95. The average Bonchev–Trinajstić information content (AvgIpc) is 3.45. The quantitative estimate of drug-likeness (QED) is 0.266. The molecule has 0 spiro atoms. The maximum Gasteiger partial charge on any atom is 0.341 e. The molecule has 0 aliphatic rings. The second kappa shape index (κ2) is 10.3. The highest BCUT2D eigenvalue weighted by Crippen LogP contribution is 2.28. The van der Waals surface area contributed by atoms with Crippen LogP contribution in [0.15, 0.2) is 70.2 Å². The van der Waals surface area contributed by atoms with Crippen molar-refractivity contribution in [2.24, 2.45) is 0 Å². The van der Waals surface area contributed by atoms with Crippen molar-refractivity contribution in [2.75, 3.05) is 12.9 Å². The number of esters is 2. The summed E-state index contributed by atoms with van der Waals surface area (Å²) in [7, 11) is 1.28. The molecule has 4 aromatic rings. The maximum atomic E-state index is 13.4. The Bertz CT molecular complexity index is 1300. The summed E-state index contributed by atoms with van der Waals surface area (Å²) in [5.41, 5.74) is 1.76. The Kier molecular flexibility index (Phi) is 7.07. The Labute approximate surface area is 198 Å². The van der Waals surface area contributed by atoms with Crippen LogP contribution in [-0.4, -0.2) is 39.6 Å². The molecule has 0 unspecified atom stereocenters. The Morgan fingerprint density at radius 2 is 1.82 bits per heavy atom. The van der Waals surface area contributed by atoms with E-state index >= 15 is 0 Å². The number of hydrogen-bond acceptors (Lipinski definition) is 8. The molecule has 0 radical (unpaired) electrons. The second-order valence-electron chi connectivity index (χ2n) is 7.11. The van der Waals surface area contributed by atoms with Gasteiger partial charge in [0.25, 0.3) is 0 Å². The summed E-state index contributed by atoms with van der Waals surface area (Å²) in [6.45, 7) is 1.51. The molecule has 0 atom stereocenters. The number of furan rings is 1. The third-order valence-electron chi connectivity index (χ3n) is 4.82. The number of aryl methyl sites for hydroxylation is 1. The minimum atomic E-state index is -0.522. The van der Waals surface area contributed by atoms with Gasteiger partial charge in [0.05, 0.1) is 12.9 Å². The topological polar surface area (TPSA) is 96.5 Å². The van der Waals surface area contributed by atoms with Crippen LogP contribution >= 0.6 is 11.8 Å². The van der Waals surface area contributed by atoms with Crippen LogP contribution in [0.1, 0.15) is 21.9 Å². The molecule has 0 aliphatic carbocycles. The van der Waals surface area contributed by atoms with E-state index in [0.29, 0.717) is 28.1 Å². The van der Waals surface area contributed by atoms with Gasteiger partial charge in [-0.25, -0.2) is 9.18 Å². The van der Waals surface area contributed by atoms with Gasteiger partial charge in [-0.1, -0.05) is 30.0 Å². The summed E-state index contributed by atoms with van der Waals surface area (Å²) in [5, 5.41) is 8.97. The van der Waals surface area contributed by atoms with E-state index in [-0.39, 0.29) is 23.7 Å². The lowest BCUT2D eigenvalue weighted by molar-refractivity contribution is -0.142. The number of halogens is 1. The molecule has 0 fully saturated rings. The Balaban J connectivity index is 1.47. The molecular formula is C24H20FN3O5S. The number of ether oxygens (including phenoxy) is 2. The molecule has 174 valence electrons. The van der Waals surface area contributed by atoms with Crippen molar-refractivity contribution in [3.63, 3.8) is 0 Å². The zero-order valence-electron chi connectivity index (χ0n) is 18.4. The number of benzene rings is 2. The predicted octanol–water partition coefficient (Wildman–Crippen LogP) is 4.60. The van der Waals surface area contributed by atoms with Crippen molar-refractivity contribution >= 4 is 23.7 Å². The molecular weight excluding hydrogens is 461 g/mol. The molecule has 0 amide bonds. The number of carbonyl (C=O) groups excluding carboxylic acids is 2. The summed E-state index contributed by atoms with van der Waals surface area (Å²) in [6.07, 6.45) is 0. The highest BCUT2D eigenvalue weighted by Gasteiger charge is 2.19. The molecule has 0 bridgehead atoms. The van der Waals surface area contributed by atoms with E-state index in [2.05, 4.69) is 14.9 Å². The van der Waals surface area contributed by atoms with E-state index in [1.807, 2.05) is 30.3 Å². The maximum absolute atomic E-state index is 13.4. The lowest BCUT2D eigenvalue weighted by Gasteiger charge is -2.10. The highest BCUT2D eigenvalue weighted by molar-refractivity contribution is 7.99. The van der Waals surface area contributed by atoms with Crippen LogP contribution in [0.2, 0.25) is 0 Å². The van der Waals surface area contributed by atoms with Gasteiger partial charge in [0.15, 0.2) is 11.0 Å². The number of para-hydroxylation sites is 1. The molecule has 34 heavy (non-hydrogen) atoms. The monoisotopic (exact) mass is 481 g/mol. The lowest BCUT2D eigenvalue weighted by Crippen LogP contribution is -2.08. The molecule has 10 heteroatoms. The van der Waals surface area contributed by atoms with E-state index in [0.717, 1.165) is 17.4 Å². The molecule has 0 saturated heterocycles. The number of rotatable bonds is 8. The number of methoxy groups -OCH3 is 1. The SMILES string of the molecule is COC(=O)c1cc(COC(=O)CSc2nnc(-c3ccc(F)cc3)n2-c2ccccc2)oc1C. The largest absolute Gasteiger partial charge is 0.465 e. The van der Waals surface area contributed by atoms with Crippen molar-refractivity contribution < 1.29 is 27.9 Å². The Morgan fingerprint density at radius 1 is 1.09 bits per heavy atom. The molecule has 8 nitrogen and oxygen atoms in total. The summed E-state index contributed by atoms with van der Waals surface area (Å²) < 4.78 is 30.6. The third kappa shape index (κ3) is 5.18. The Hall–Kier alpha value is -3.92. The fraction of sp³-hybridized carbons (Fsp3) is 0.167. The highest BCUT2D eigenvalue weighted by atomic mass is 32.2. The first kappa shape index (κ1) is 23.2. The zero-order chi connectivity index (χ0) is 24.1. The standard InChI is InChI=1S/C24H20FN3O5S/c1-15-20(23(30)31-2)12-19(33-15)13-32-21(29)14-34-24-27-26-22(16-8-10-17(25)11-9-16)28(24)18-6-4-3-5-7-18/h3-12H,13-14H2,1-2H3. The number of aromatic nitrogens is 3. The molecule has 0 aliphatic heterocycles. The van der Waals surface area contributed by atoms with E-state index in [1.165, 1.54) is 25.3 Å². The molecule has 0 saturated carbocycles. The molecule has 0 N–H and O–H groups in total. The van der Waals surface area contributed by atoms with Crippen LogP contribution in [0.25, 0.3) is 17.1 Å². The van der Waals surface area contributed by atoms with Gasteiger partial charge >= 0.3 is 11.9 Å². The van der Waals surface area contributed by atoms with Crippen molar-refractivity contribution in [2.45, 2.75) is 18.7 Å². The van der Waals surface area contributed by atoms with Crippen molar-refractivity contribution in [3.05, 3.63) is 83.6 Å². The molecule has 2 aromatic carbocycles. The van der Waals surface area contributed by atoms with E-state index in [9.17, 15) is 14.0 Å². The van der Waals surface area contributed by atoms with Gasteiger partial charge in [0.2, 0.25) is 0 Å². The zero-order valence-corrected chi connectivity index (χ0v) is 19.2. The van der Waals surface area contributed by atoms with Crippen LogP contribution in [-0.2, 0) is 20.9 Å². The minimum Gasteiger partial charge on any atom is -0.465 e. The number of hydrogen-bond donors (Lipinski definition) is 0. The van der Waals surface area contributed by atoms with Gasteiger partial charge in [-0.3, -0.25) is 9.36 Å². The third-order valence-corrected chi connectivity index (χ3v) is 5.72. The van der Waals surface area contributed by atoms with Gasteiger partial charge in [-0.15, -0.1) is 10.2 Å². The van der Waals surface area contributed by atoms with Crippen molar-refractivity contribution in [1.29, 1.82) is 0 Å². The van der Waals surface area contributed by atoms with Crippen LogP contribution in [0.4, 0.5) is 4.39 Å². The average molecular weight is 482 g/mol. The van der Waals surface area contributed by atoms with E-state index < -0.39 is 11.9 Å². The van der Waals surface area contributed by atoms with Crippen molar-refractivity contribution in [1.82, 2.24) is 14.8 Å². The van der Waals surface area contributed by atoms with Gasteiger partial charge < -0.3 is 13.9 Å². The predicted molar refractivity (Wildman–Crippen MR) is 122 cm³/mol. The smallest absolute Gasteiger partial charge is 0.341 e. The van der Waals surface area contributed by atoms with Crippen molar-refractivity contribution in [3.8, 4) is 17.1 Å². The second-order valence-corrected chi connectivity index (χ2v) is 8.05. The summed E-state index contributed by atoms with van der Waals surface area (Å²) in [6, 6.07) is 16.8. The first-order valence-electron chi connectivity index (χ1n) is 10.2. The number of carbonyl (C=O) groups is 2. The van der Waals surface area contributed by atoms with Crippen LogP contribution < -0.4 is 0 Å². The normalized spacial score (nSPS) is 10.8. The first-order valence-corrected chi connectivity index (χ1v) is 11.2. The van der Waals surface area contributed by atoms with E-state index in [1.54, 1.807) is 23.6 Å². The van der Waals surface area contributed by atoms with Crippen LogP contribution in [0.3, 0.4) is 0 Å². The summed E-state index contributed by atoms with van der Waals surface area (Å²) >= 11 is 1.16. The van der Waals surface area contributed by atoms with Crippen LogP contribution in [0, 0.1) is 12.7 Å². The van der Waals surface area contributed by atoms with Gasteiger partial charge in [-0.05, 0) is 49.4 Å². The molecule has 2 heterocycles. The van der Waals surface area contributed by atoms with Gasteiger partial charge in [-0.2, -0.15) is 0 Å². The van der Waals surface area contributed by atoms with E-state index in [4.69, 9.17) is 9.15 Å². The minimum absolute atomic E-state index is 0.0298. The van der Waals surface area contributed by atoms with Gasteiger partial charge in [0, 0.05) is 11.3 Å². The summed E-state index contributed by atoms with van der Waals surface area (Å²) in [4.78, 5) is 24.0. The summed E-state index contributed by atoms with van der Waals surface area (Å²) in [5.74, 6) is -0.159. The number of nitrogens with zero attached hydrogens (tertiary/aromatic N) is 3. The van der Waals surface area contributed by atoms with Gasteiger partial charge in [0.1, 0.15) is 29.5 Å². The fourth-order valence-electron chi connectivity index (χ4n) is 3.20. The Morgan fingerprint density at radius 3 is 2.53 bits per heavy atom. The molecule has 2 aromatic heterocycles. The molecule has 4 rings (SSSR count).